The van der Waals surface area contributed by atoms with Crippen molar-refractivity contribution < 1.29 is 0 Å². The van der Waals surface area contributed by atoms with Crippen LogP contribution in [0.1, 0.15) is 51.1 Å². The zero-order valence-corrected chi connectivity index (χ0v) is 12.7. The molecule has 0 radical (unpaired) electrons. The van der Waals surface area contributed by atoms with Gasteiger partial charge in [0.1, 0.15) is 0 Å². The number of rotatable bonds is 5. The van der Waals surface area contributed by atoms with Crippen LogP contribution in [0.5, 0.6) is 0 Å². The molecule has 0 saturated carbocycles. The summed E-state index contributed by atoms with van der Waals surface area (Å²) in [6, 6.07) is 9.51. The molecule has 1 fully saturated rings. The van der Waals surface area contributed by atoms with Gasteiger partial charge in [-0.1, -0.05) is 31.9 Å². The third kappa shape index (κ3) is 3.73. The van der Waals surface area contributed by atoms with Crippen molar-refractivity contribution in [3.8, 4) is 0 Å². The SMILES string of the molecule is CCCC1CCN(c2ccc(C(C)NC)cc2)CC1. The first-order valence-electron chi connectivity index (χ1n) is 7.76. The Hall–Kier alpha value is -1.02. The molecule has 1 saturated heterocycles. The Morgan fingerprint density at radius 3 is 2.37 bits per heavy atom. The molecular formula is C17H28N2. The quantitative estimate of drug-likeness (QED) is 0.861. The van der Waals surface area contributed by atoms with E-state index in [1.54, 1.807) is 0 Å². The summed E-state index contributed by atoms with van der Waals surface area (Å²) in [5, 5.41) is 3.29. The number of hydrogen-bond donors (Lipinski definition) is 1. The van der Waals surface area contributed by atoms with Crippen LogP contribution in [0, 0.1) is 5.92 Å². The van der Waals surface area contributed by atoms with Gasteiger partial charge in [-0.25, -0.2) is 0 Å². The van der Waals surface area contributed by atoms with Crippen LogP contribution in [0.2, 0.25) is 0 Å². The molecule has 0 aliphatic carbocycles. The molecule has 2 rings (SSSR count). The highest BCUT2D eigenvalue weighted by atomic mass is 15.1. The van der Waals surface area contributed by atoms with E-state index in [4.69, 9.17) is 0 Å². The standard InChI is InChI=1S/C17H28N2/c1-4-5-15-10-12-19(13-11-15)17-8-6-16(7-9-17)14(2)18-3/h6-9,14-15,18H,4-5,10-13H2,1-3H3. The molecule has 1 unspecified atom stereocenters. The van der Waals surface area contributed by atoms with Gasteiger partial charge < -0.3 is 10.2 Å². The van der Waals surface area contributed by atoms with Crippen molar-refractivity contribution >= 4 is 5.69 Å². The molecule has 1 atom stereocenters. The number of piperidine rings is 1. The van der Waals surface area contributed by atoms with Gasteiger partial charge in [0.05, 0.1) is 0 Å². The van der Waals surface area contributed by atoms with Gasteiger partial charge >= 0.3 is 0 Å². The first kappa shape index (κ1) is 14.4. The highest BCUT2D eigenvalue weighted by Crippen LogP contribution is 2.26. The maximum absolute atomic E-state index is 3.29. The van der Waals surface area contributed by atoms with Crippen molar-refractivity contribution in [1.82, 2.24) is 5.32 Å². The van der Waals surface area contributed by atoms with E-state index >= 15 is 0 Å². The second kappa shape index (κ2) is 6.95. The molecule has 1 aliphatic heterocycles. The van der Waals surface area contributed by atoms with E-state index in [1.807, 2.05) is 7.05 Å². The van der Waals surface area contributed by atoms with E-state index in [9.17, 15) is 0 Å². The van der Waals surface area contributed by atoms with Crippen LogP contribution in [0.25, 0.3) is 0 Å². The van der Waals surface area contributed by atoms with Gasteiger partial charge in [0.15, 0.2) is 0 Å². The second-order valence-electron chi connectivity index (χ2n) is 5.82. The summed E-state index contributed by atoms with van der Waals surface area (Å²) in [6.07, 6.45) is 5.47. The third-order valence-corrected chi connectivity index (χ3v) is 4.50. The monoisotopic (exact) mass is 260 g/mol. The number of hydrogen-bond acceptors (Lipinski definition) is 2. The van der Waals surface area contributed by atoms with Crippen LogP contribution in [0.3, 0.4) is 0 Å². The van der Waals surface area contributed by atoms with E-state index < -0.39 is 0 Å². The largest absolute Gasteiger partial charge is 0.372 e. The van der Waals surface area contributed by atoms with Crippen molar-refractivity contribution in [2.75, 3.05) is 25.0 Å². The van der Waals surface area contributed by atoms with Crippen LogP contribution in [-0.2, 0) is 0 Å². The minimum Gasteiger partial charge on any atom is -0.372 e. The molecule has 106 valence electrons. The molecule has 0 spiro atoms. The van der Waals surface area contributed by atoms with E-state index in [1.165, 1.54) is 50.0 Å². The second-order valence-corrected chi connectivity index (χ2v) is 5.82. The summed E-state index contributed by atoms with van der Waals surface area (Å²) in [6.45, 7) is 6.95. The van der Waals surface area contributed by atoms with Crippen molar-refractivity contribution in [1.29, 1.82) is 0 Å². The summed E-state index contributed by atoms with van der Waals surface area (Å²) in [4.78, 5) is 2.54. The molecule has 2 heteroatoms. The Labute approximate surface area is 118 Å². The van der Waals surface area contributed by atoms with Gasteiger partial charge in [-0.3, -0.25) is 0 Å². The lowest BCUT2D eigenvalue weighted by atomic mass is 9.92. The Bertz CT molecular complexity index is 363. The number of nitrogens with one attached hydrogen (secondary N) is 1. The lowest BCUT2D eigenvalue weighted by Crippen LogP contribution is -2.33. The highest BCUT2D eigenvalue weighted by Gasteiger charge is 2.18. The Morgan fingerprint density at radius 1 is 1.21 bits per heavy atom. The van der Waals surface area contributed by atoms with Crippen molar-refractivity contribution in [2.24, 2.45) is 5.92 Å². The summed E-state index contributed by atoms with van der Waals surface area (Å²) < 4.78 is 0. The molecule has 0 bridgehead atoms. The van der Waals surface area contributed by atoms with Gasteiger partial charge in [0.2, 0.25) is 0 Å². The molecular weight excluding hydrogens is 232 g/mol. The minimum absolute atomic E-state index is 0.435. The lowest BCUT2D eigenvalue weighted by molar-refractivity contribution is 0.378. The van der Waals surface area contributed by atoms with Crippen molar-refractivity contribution in [3.05, 3.63) is 29.8 Å². The van der Waals surface area contributed by atoms with E-state index in [-0.39, 0.29) is 0 Å². The van der Waals surface area contributed by atoms with E-state index in [0.717, 1.165) is 5.92 Å². The molecule has 1 N–H and O–H groups in total. The molecule has 1 heterocycles. The predicted octanol–water partition coefficient (Wildman–Crippen LogP) is 3.98. The van der Waals surface area contributed by atoms with E-state index in [2.05, 4.69) is 48.3 Å². The van der Waals surface area contributed by atoms with Crippen LogP contribution in [0.15, 0.2) is 24.3 Å². The summed E-state index contributed by atoms with van der Waals surface area (Å²) >= 11 is 0. The molecule has 19 heavy (non-hydrogen) atoms. The number of benzene rings is 1. The molecule has 1 aliphatic rings. The van der Waals surface area contributed by atoms with Crippen LogP contribution in [0.4, 0.5) is 5.69 Å². The lowest BCUT2D eigenvalue weighted by Gasteiger charge is -2.33. The van der Waals surface area contributed by atoms with Gasteiger partial charge in [-0.2, -0.15) is 0 Å². The molecule has 0 aromatic heterocycles. The minimum atomic E-state index is 0.435. The molecule has 1 aromatic carbocycles. The topological polar surface area (TPSA) is 15.3 Å². The number of anilines is 1. The molecule has 0 amide bonds. The van der Waals surface area contributed by atoms with Crippen molar-refractivity contribution in [2.45, 2.75) is 45.6 Å². The first-order valence-corrected chi connectivity index (χ1v) is 7.76. The Morgan fingerprint density at radius 2 is 1.84 bits per heavy atom. The van der Waals surface area contributed by atoms with Gasteiger partial charge in [0.25, 0.3) is 0 Å². The van der Waals surface area contributed by atoms with Gasteiger partial charge in [-0.15, -0.1) is 0 Å². The smallest absolute Gasteiger partial charge is 0.0366 e. The maximum atomic E-state index is 3.29. The van der Waals surface area contributed by atoms with Gasteiger partial charge in [0, 0.05) is 24.8 Å². The summed E-state index contributed by atoms with van der Waals surface area (Å²) in [5.41, 5.74) is 2.76. The fraction of sp³-hybridized carbons (Fsp3) is 0.647. The summed E-state index contributed by atoms with van der Waals surface area (Å²) in [5.74, 6) is 0.963. The average molecular weight is 260 g/mol. The number of nitrogens with zero attached hydrogens (tertiary/aromatic N) is 1. The summed E-state index contributed by atoms with van der Waals surface area (Å²) in [7, 11) is 2.01. The Balaban J connectivity index is 1.92. The Kier molecular flexibility index (Phi) is 5.26. The van der Waals surface area contributed by atoms with Crippen LogP contribution in [-0.4, -0.2) is 20.1 Å². The third-order valence-electron chi connectivity index (χ3n) is 4.50. The maximum Gasteiger partial charge on any atom is 0.0366 e. The first-order chi connectivity index (χ1) is 9.24. The zero-order valence-electron chi connectivity index (χ0n) is 12.7. The zero-order chi connectivity index (χ0) is 13.7. The fourth-order valence-electron chi connectivity index (χ4n) is 3.03. The molecule has 2 nitrogen and oxygen atoms in total. The van der Waals surface area contributed by atoms with E-state index in [0.29, 0.717) is 6.04 Å². The fourth-order valence-corrected chi connectivity index (χ4v) is 3.03. The average Bonchev–Trinajstić information content (AvgIpc) is 2.48. The van der Waals surface area contributed by atoms with Gasteiger partial charge in [-0.05, 0) is 50.4 Å². The predicted molar refractivity (Wildman–Crippen MR) is 83.8 cm³/mol. The van der Waals surface area contributed by atoms with Crippen LogP contribution >= 0.6 is 0 Å². The van der Waals surface area contributed by atoms with Crippen LogP contribution < -0.4 is 10.2 Å². The highest BCUT2D eigenvalue weighted by molar-refractivity contribution is 5.48. The molecule has 1 aromatic rings. The normalized spacial score (nSPS) is 18.6. The van der Waals surface area contributed by atoms with Crippen molar-refractivity contribution in [3.63, 3.8) is 0 Å².